The van der Waals surface area contributed by atoms with Gasteiger partial charge in [0.2, 0.25) is 0 Å². The molecule has 0 aromatic rings. The van der Waals surface area contributed by atoms with E-state index < -0.39 is 11.4 Å². The first-order chi connectivity index (χ1) is 9.08. The van der Waals surface area contributed by atoms with E-state index in [9.17, 15) is 14.4 Å². The summed E-state index contributed by atoms with van der Waals surface area (Å²) in [6.07, 6.45) is 3.95. The fourth-order valence-corrected chi connectivity index (χ4v) is 3.66. The molecular formula is C15H20O4. The Balaban J connectivity index is 2.49. The van der Waals surface area contributed by atoms with E-state index in [-0.39, 0.29) is 30.6 Å². The fraction of sp³-hybridized carbons (Fsp3) is 0.667. The second kappa shape index (κ2) is 5.27. The third-order valence-corrected chi connectivity index (χ3v) is 4.54. The minimum atomic E-state index is -1.25. The second-order valence-corrected chi connectivity index (χ2v) is 5.39. The molecule has 0 aromatic heterocycles. The van der Waals surface area contributed by atoms with Crippen molar-refractivity contribution < 1.29 is 19.1 Å². The van der Waals surface area contributed by atoms with Crippen LogP contribution in [0.2, 0.25) is 0 Å². The van der Waals surface area contributed by atoms with Gasteiger partial charge in [0.05, 0.1) is 6.61 Å². The Morgan fingerprint density at radius 3 is 2.84 bits per heavy atom. The molecule has 0 spiro atoms. The number of rotatable bonds is 3. The number of ketones is 1. The Hall–Kier alpha value is -1.45. The molecule has 0 amide bonds. The number of aldehydes is 1. The van der Waals surface area contributed by atoms with Crippen LogP contribution in [0.5, 0.6) is 0 Å². The molecule has 4 nitrogen and oxygen atoms in total. The van der Waals surface area contributed by atoms with Gasteiger partial charge in [0.1, 0.15) is 6.29 Å². The summed E-state index contributed by atoms with van der Waals surface area (Å²) in [5, 5.41) is 0. The van der Waals surface area contributed by atoms with E-state index in [1.54, 1.807) is 6.92 Å². The molecule has 0 heterocycles. The van der Waals surface area contributed by atoms with Gasteiger partial charge in [-0.2, -0.15) is 0 Å². The number of hydrogen-bond acceptors (Lipinski definition) is 4. The molecule has 2 aliphatic carbocycles. The summed E-state index contributed by atoms with van der Waals surface area (Å²) in [5.74, 6) is -1.11. The monoisotopic (exact) mass is 264 g/mol. The van der Waals surface area contributed by atoms with Gasteiger partial charge in [-0.25, -0.2) is 0 Å². The van der Waals surface area contributed by atoms with Gasteiger partial charge >= 0.3 is 5.97 Å². The zero-order valence-corrected chi connectivity index (χ0v) is 11.3. The number of ether oxygens (including phenoxy) is 1. The van der Waals surface area contributed by atoms with Crippen molar-refractivity contribution in [3.63, 3.8) is 0 Å². The Morgan fingerprint density at radius 2 is 2.21 bits per heavy atom. The van der Waals surface area contributed by atoms with Crippen molar-refractivity contribution in [2.75, 3.05) is 6.61 Å². The first-order valence-corrected chi connectivity index (χ1v) is 6.93. The van der Waals surface area contributed by atoms with Gasteiger partial charge in [0.15, 0.2) is 11.2 Å². The molecule has 0 bridgehead atoms. The Labute approximate surface area is 113 Å². The first-order valence-electron chi connectivity index (χ1n) is 6.93. The molecule has 2 rings (SSSR count). The van der Waals surface area contributed by atoms with Gasteiger partial charge in [-0.3, -0.25) is 9.59 Å². The van der Waals surface area contributed by atoms with Crippen molar-refractivity contribution in [2.45, 2.75) is 39.0 Å². The summed E-state index contributed by atoms with van der Waals surface area (Å²) >= 11 is 0. The van der Waals surface area contributed by atoms with E-state index in [2.05, 4.69) is 6.58 Å². The van der Waals surface area contributed by atoms with Crippen LogP contribution in [0.3, 0.4) is 0 Å². The van der Waals surface area contributed by atoms with Crippen molar-refractivity contribution in [2.24, 2.45) is 17.3 Å². The molecular weight excluding hydrogens is 244 g/mol. The Bertz CT molecular complexity index is 416. The zero-order chi connectivity index (χ0) is 14.0. The molecule has 3 atom stereocenters. The van der Waals surface area contributed by atoms with Crippen LogP contribution in [0.1, 0.15) is 39.0 Å². The Morgan fingerprint density at radius 1 is 1.47 bits per heavy atom. The van der Waals surface area contributed by atoms with Gasteiger partial charge in [0.25, 0.3) is 0 Å². The lowest BCUT2D eigenvalue weighted by Crippen LogP contribution is -2.55. The topological polar surface area (TPSA) is 60.4 Å². The van der Waals surface area contributed by atoms with Crippen LogP contribution in [-0.2, 0) is 19.1 Å². The summed E-state index contributed by atoms with van der Waals surface area (Å²) in [7, 11) is 0. The van der Waals surface area contributed by atoms with Crippen molar-refractivity contribution in [3.8, 4) is 0 Å². The maximum Gasteiger partial charge on any atom is 0.324 e. The molecule has 2 saturated carbocycles. The molecule has 0 unspecified atom stereocenters. The molecule has 4 heteroatoms. The summed E-state index contributed by atoms with van der Waals surface area (Å²) in [6, 6.07) is 0. The zero-order valence-electron chi connectivity index (χ0n) is 11.3. The predicted molar refractivity (Wildman–Crippen MR) is 69.3 cm³/mol. The summed E-state index contributed by atoms with van der Waals surface area (Å²) in [4.78, 5) is 36.1. The molecule has 2 fully saturated rings. The lowest BCUT2D eigenvalue weighted by molar-refractivity contribution is -0.166. The maximum absolute atomic E-state index is 12.5. The third kappa shape index (κ3) is 1.94. The molecule has 104 valence electrons. The number of esters is 1. The predicted octanol–water partition coefficient (Wildman–Crippen LogP) is 2.07. The van der Waals surface area contributed by atoms with Crippen LogP contribution in [0.15, 0.2) is 12.2 Å². The highest BCUT2D eigenvalue weighted by Crippen LogP contribution is 2.53. The van der Waals surface area contributed by atoms with Gasteiger partial charge in [-0.05, 0) is 38.5 Å². The van der Waals surface area contributed by atoms with Crippen LogP contribution in [-0.4, -0.2) is 24.6 Å². The van der Waals surface area contributed by atoms with Crippen LogP contribution in [0, 0.1) is 17.3 Å². The summed E-state index contributed by atoms with van der Waals surface area (Å²) in [6.45, 7) is 5.91. The van der Waals surface area contributed by atoms with E-state index in [1.807, 2.05) is 0 Å². The van der Waals surface area contributed by atoms with Crippen molar-refractivity contribution in [1.29, 1.82) is 0 Å². The molecule has 0 N–H and O–H groups in total. The minimum absolute atomic E-state index is 0.112. The highest BCUT2D eigenvalue weighted by molar-refractivity contribution is 6.08. The number of hydrogen-bond donors (Lipinski definition) is 0. The largest absolute Gasteiger partial charge is 0.465 e. The van der Waals surface area contributed by atoms with Crippen LogP contribution < -0.4 is 0 Å². The fourth-order valence-electron chi connectivity index (χ4n) is 3.66. The minimum Gasteiger partial charge on any atom is -0.465 e. The van der Waals surface area contributed by atoms with E-state index in [4.69, 9.17) is 4.74 Å². The summed E-state index contributed by atoms with van der Waals surface area (Å²) in [5.41, 5.74) is -0.614. The first kappa shape index (κ1) is 14.0. The van der Waals surface area contributed by atoms with Crippen LogP contribution in [0.4, 0.5) is 0 Å². The standard InChI is InChI=1S/C15H20O4/c1-3-19-14(18)15-10(2)5-4-6-12(15)11(9-16)7-8-13(15)17/h9,11-12H,2-8H2,1H3/t11-,12+,15-/m1/s1. The van der Waals surface area contributed by atoms with E-state index in [0.29, 0.717) is 24.8 Å². The third-order valence-electron chi connectivity index (χ3n) is 4.54. The quantitative estimate of drug-likeness (QED) is 0.339. The average Bonchev–Trinajstić information content (AvgIpc) is 2.39. The van der Waals surface area contributed by atoms with Crippen molar-refractivity contribution >= 4 is 18.0 Å². The van der Waals surface area contributed by atoms with Gasteiger partial charge in [0, 0.05) is 12.3 Å². The Kier molecular flexibility index (Phi) is 3.88. The van der Waals surface area contributed by atoms with E-state index in [1.165, 1.54) is 0 Å². The van der Waals surface area contributed by atoms with Crippen molar-refractivity contribution in [3.05, 3.63) is 12.2 Å². The number of carbonyl (C=O) groups excluding carboxylic acids is 3. The van der Waals surface area contributed by atoms with Gasteiger partial charge < -0.3 is 9.53 Å². The maximum atomic E-state index is 12.5. The molecule has 2 aliphatic rings. The van der Waals surface area contributed by atoms with Crippen LogP contribution >= 0.6 is 0 Å². The lowest BCUT2D eigenvalue weighted by atomic mass is 9.53. The molecule has 19 heavy (non-hydrogen) atoms. The lowest BCUT2D eigenvalue weighted by Gasteiger charge is -2.47. The van der Waals surface area contributed by atoms with E-state index >= 15 is 0 Å². The molecule has 0 aromatic carbocycles. The highest BCUT2D eigenvalue weighted by atomic mass is 16.5. The molecule has 0 radical (unpaired) electrons. The number of carbonyl (C=O) groups is 3. The average molecular weight is 264 g/mol. The molecule has 0 saturated heterocycles. The van der Waals surface area contributed by atoms with Gasteiger partial charge in [-0.1, -0.05) is 12.2 Å². The second-order valence-electron chi connectivity index (χ2n) is 5.39. The number of Topliss-reactive ketones (excluding diaryl/α,β-unsaturated/α-hetero) is 1. The SMILES string of the molecule is C=C1CCC[C@H]2[C@@H](C=O)CCC(=O)[C@@]12C(=O)OCC. The highest BCUT2D eigenvalue weighted by Gasteiger charge is 2.60. The number of fused-ring (bicyclic) bond motifs is 1. The summed E-state index contributed by atoms with van der Waals surface area (Å²) < 4.78 is 5.14. The smallest absolute Gasteiger partial charge is 0.324 e. The normalized spacial score (nSPS) is 34.6. The van der Waals surface area contributed by atoms with E-state index in [0.717, 1.165) is 12.7 Å². The van der Waals surface area contributed by atoms with Crippen LogP contribution in [0.25, 0.3) is 0 Å². The molecule has 0 aliphatic heterocycles. The van der Waals surface area contributed by atoms with Gasteiger partial charge in [-0.15, -0.1) is 0 Å². The van der Waals surface area contributed by atoms with Crippen molar-refractivity contribution in [1.82, 2.24) is 0 Å².